The van der Waals surface area contributed by atoms with Crippen LogP contribution in [0.5, 0.6) is 0 Å². The number of likely N-dealkylation sites (tertiary alicyclic amines) is 1. The van der Waals surface area contributed by atoms with E-state index in [1.165, 1.54) is 0 Å². The molecule has 0 bridgehead atoms. The first-order valence-electron chi connectivity index (χ1n) is 5.81. The molecule has 3 atom stereocenters. The number of ether oxygens (including phenoxy) is 1. The first kappa shape index (κ1) is 10.9. The van der Waals surface area contributed by atoms with E-state index < -0.39 is 0 Å². The van der Waals surface area contributed by atoms with Crippen LogP contribution in [-0.2, 0) is 9.53 Å². The number of nitrogens with one attached hydrogen (secondary N) is 1. The van der Waals surface area contributed by atoms with E-state index in [0.29, 0.717) is 25.1 Å². The van der Waals surface area contributed by atoms with Gasteiger partial charge in [-0.3, -0.25) is 4.79 Å². The van der Waals surface area contributed by atoms with Crippen LogP contribution in [-0.4, -0.2) is 49.2 Å². The Bertz CT molecular complexity index is 239. The molecule has 2 heterocycles. The van der Waals surface area contributed by atoms with E-state index in [4.69, 9.17) is 4.74 Å². The van der Waals surface area contributed by atoms with Gasteiger partial charge in [0, 0.05) is 25.7 Å². The molecule has 3 unspecified atom stereocenters. The van der Waals surface area contributed by atoms with E-state index in [1.54, 1.807) is 0 Å². The standard InChI is InChI=1S/C11H20N2O2/c1-8-5-9(2)13(7-8)11(14)10-6-12-3-4-15-10/h8-10,12H,3-7H2,1-2H3. The molecule has 0 aromatic carbocycles. The number of hydrogen-bond acceptors (Lipinski definition) is 3. The SMILES string of the molecule is CC1CC(C)N(C(=O)C2CNCCO2)C1. The summed E-state index contributed by atoms with van der Waals surface area (Å²) in [6.07, 6.45) is 0.859. The fraction of sp³-hybridized carbons (Fsp3) is 0.909. The van der Waals surface area contributed by atoms with E-state index in [9.17, 15) is 4.79 Å². The van der Waals surface area contributed by atoms with Crippen molar-refractivity contribution in [1.82, 2.24) is 10.2 Å². The molecular formula is C11H20N2O2. The first-order valence-corrected chi connectivity index (χ1v) is 5.81. The molecule has 4 heteroatoms. The van der Waals surface area contributed by atoms with Crippen molar-refractivity contribution in [2.75, 3.05) is 26.2 Å². The Balaban J connectivity index is 1.94. The van der Waals surface area contributed by atoms with Gasteiger partial charge in [-0.2, -0.15) is 0 Å². The number of morpholine rings is 1. The normalized spacial score (nSPS) is 36.9. The average molecular weight is 212 g/mol. The van der Waals surface area contributed by atoms with E-state index in [2.05, 4.69) is 19.2 Å². The molecule has 0 spiro atoms. The molecule has 0 aliphatic carbocycles. The van der Waals surface area contributed by atoms with Gasteiger partial charge in [0.15, 0.2) is 0 Å². The van der Waals surface area contributed by atoms with Gasteiger partial charge in [-0.25, -0.2) is 0 Å². The zero-order valence-electron chi connectivity index (χ0n) is 9.53. The molecule has 15 heavy (non-hydrogen) atoms. The number of hydrogen-bond donors (Lipinski definition) is 1. The fourth-order valence-corrected chi connectivity index (χ4v) is 2.52. The highest BCUT2D eigenvalue weighted by Gasteiger charge is 2.34. The van der Waals surface area contributed by atoms with Crippen molar-refractivity contribution in [3.8, 4) is 0 Å². The van der Waals surface area contributed by atoms with Crippen LogP contribution in [0.25, 0.3) is 0 Å². The van der Waals surface area contributed by atoms with Gasteiger partial charge >= 0.3 is 0 Å². The van der Waals surface area contributed by atoms with E-state index in [1.807, 2.05) is 4.90 Å². The maximum absolute atomic E-state index is 12.1. The second-order valence-electron chi connectivity index (χ2n) is 4.74. The Hall–Kier alpha value is -0.610. The lowest BCUT2D eigenvalue weighted by molar-refractivity contribution is -0.145. The molecule has 4 nitrogen and oxygen atoms in total. The molecule has 0 aromatic rings. The predicted molar refractivity (Wildman–Crippen MR) is 57.6 cm³/mol. The van der Waals surface area contributed by atoms with Crippen LogP contribution < -0.4 is 5.32 Å². The monoisotopic (exact) mass is 212 g/mol. The van der Waals surface area contributed by atoms with Crippen LogP contribution in [0.4, 0.5) is 0 Å². The van der Waals surface area contributed by atoms with Crippen molar-refractivity contribution in [3.63, 3.8) is 0 Å². The summed E-state index contributed by atoms with van der Waals surface area (Å²) in [5.41, 5.74) is 0. The summed E-state index contributed by atoms with van der Waals surface area (Å²) in [5, 5.41) is 3.19. The van der Waals surface area contributed by atoms with E-state index in [-0.39, 0.29) is 12.0 Å². The van der Waals surface area contributed by atoms with Gasteiger partial charge in [0.05, 0.1) is 6.61 Å². The lowest BCUT2D eigenvalue weighted by Crippen LogP contribution is -2.50. The van der Waals surface area contributed by atoms with Crippen molar-refractivity contribution in [2.24, 2.45) is 5.92 Å². The summed E-state index contributed by atoms with van der Waals surface area (Å²) >= 11 is 0. The molecule has 2 rings (SSSR count). The summed E-state index contributed by atoms with van der Waals surface area (Å²) in [7, 11) is 0. The quantitative estimate of drug-likeness (QED) is 0.676. The Labute approximate surface area is 91.0 Å². The number of carbonyl (C=O) groups excluding carboxylic acids is 1. The van der Waals surface area contributed by atoms with Crippen molar-refractivity contribution in [1.29, 1.82) is 0 Å². The molecule has 0 aromatic heterocycles. The lowest BCUT2D eigenvalue weighted by Gasteiger charge is -2.29. The smallest absolute Gasteiger partial charge is 0.253 e. The molecule has 2 aliphatic heterocycles. The van der Waals surface area contributed by atoms with Crippen LogP contribution in [0.3, 0.4) is 0 Å². The third kappa shape index (κ3) is 2.32. The summed E-state index contributed by atoms with van der Waals surface area (Å²) in [4.78, 5) is 14.1. The van der Waals surface area contributed by atoms with Crippen molar-refractivity contribution < 1.29 is 9.53 Å². The van der Waals surface area contributed by atoms with Crippen LogP contribution in [0.15, 0.2) is 0 Å². The Morgan fingerprint density at radius 2 is 2.27 bits per heavy atom. The number of carbonyl (C=O) groups is 1. The minimum Gasteiger partial charge on any atom is -0.366 e. The van der Waals surface area contributed by atoms with Gasteiger partial charge in [0.1, 0.15) is 6.10 Å². The maximum atomic E-state index is 12.1. The molecule has 86 valence electrons. The van der Waals surface area contributed by atoms with Gasteiger partial charge in [0.2, 0.25) is 0 Å². The summed E-state index contributed by atoms with van der Waals surface area (Å²) in [5.74, 6) is 0.791. The molecule has 2 aliphatic rings. The predicted octanol–water partition coefficient (Wildman–Crippen LogP) is 0.232. The van der Waals surface area contributed by atoms with Crippen molar-refractivity contribution >= 4 is 5.91 Å². The second kappa shape index (κ2) is 4.49. The highest BCUT2D eigenvalue weighted by Crippen LogP contribution is 2.23. The summed E-state index contributed by atoms with van der Waals surface area (Å²) in [6.45, 7) is 7.38. The molecule has 2 fully saturated rings. The van der Waals surface area contributed by atoms with Gasteiger partial charge in [-0.15, -0.1) is 0 Å². The van der Waals surface area contributed by atoms with Crippen LogP contribution >= 0.6 is 0 Å². The largest absolute Gasteiger partial charge is 0.366 e. The topological polar surface area (TPSA) is 41.6 Å². The second-order valence-corrected chi connectivity index (χ2v) is 4.74. The zero-order chi connectivity index (χ0) is 10.8. The van der Waals surface area contributed by atoms with Crippen LogP contribution in [0.1, 0.15) is 20.3 Å². The molecule has 2 saturated heterocycles. The maximum Gasteiger partial charge on any atom is 0.253 e. The number of nitrogens with zero attached hydrogens (tertiary/aromatic N) is 1. The van der Waals surface area contributed by atoms with Gasteiger partial charge < -0.3 is 15.0 Å². The third-order valence-electron chi connectivity index (χ3n) is 3.27. The minimum atomic E-state index is -0.258. The number of amides is 1. The zero-order valence-corrected chi connectivity index (χ0v) is 9.53. The van der Waals surface area contributed by atoms with Gasteiger partial charge in [-0.1, -0.05) is 6.92 Å². The first-order chi connectivity index (χ1) is 7.18. The highest BCUT2D eigenvalue weighted by atomic mass is 16.5. The third-order valence-corrected chi connectivity index (χ3v) is 3.27. The molecule has 0 saturated carbocycles. The van der Waals surface area contributed by atoms with Crippen molar-refractivity contribution in [3.05, 3.63) is 0 Å². The fourth-order valence-electron chi connectivity index (χ4n) is 2.52. The van der Waals surface area contributed by atoms with E-state index >= 15 is 0 Å². The minimum absolute atomic E-state index is 0.166. The Kier molecular flexibility index (Phi) is 3.26. The van der Waals surface area contributed by atoms with E-state index in [0.717, 1.165) is 19.5 Å². The summed E-state index contributed by atoms with van der Waals surface area (Å²) < 4.78 is 5.48. The van der Waals surface area contributed by atoms with Crippen molar-refractivity contribution in [2.45, 2.75) is 32.4 Å². The average Bonchev–Trinajstić information content (AvgIpc) is 2.58. The lowest BCUT2D eigenvalue weighted by atomic mass is 10.1. The molecular weight excluding hydrogens is 192 g/mol. The van der Waals surface area contributed by atoms with Crippen LogP contribution in [0, 0.1) is 5.92 Å². The van der Waals surface area contributed by atoms with Crippen LogP contribution in [0.2, 0.25) is 0 Å². The van der Waals surface area contributed by atoms with Gasteiger partial charge in [0.25, 0.3) is 5.91 Å². The molecule has 0 radical (unpaired) electrons. The highest BCUT2D eigenvalue weighted by molar-refractivity contribution is 5.81. The molecule has 1 amide bonds. The molecule has 1 N–H and O–H groups in total. The Morgan fingerprint density at radius 3 is 2.80 bits per heavy atom. The number of rotatable bonds is 1. The summed E-state index contributed by atoms with van der Waals surface area (Å²) in [6, 6.07) is 0.373. The Morgan fingerprint density at radius 1 is 1.47 bits per heavy atom. The van der Waals surface area contributed by atoms with Gasteiger partial charge in [-0.05, 0) is 19.3 Å².